The van der Waals surface area contributed by atoms with Gasteiger partial charge in [0.25, 0.3) is 0 Å². The van der Waals surface area contributed by atoms with Gasteiger partial charge in [-0.3, -0.25) is 0 Å². The summed E-state index contributed by atoms with van der Waals surface area (Å²) in [5.74, 6) is 0.810. The van der Waals surface area contributed by atoms with Gasteiger partial charge in [0, 0.05) is 12.1 Å². The molecule has 0 aliphatic carbocycles. The third-order valence-corrected chi connectivity index (χ3v) is 4.15. The number of carbonyl (C=O) groups excluding carboxylic acids is 1. The number of amides is 2. The van der Waals surface area contributed by atoms with E-state index in [1.807, 2.05) is 34.6 Å². The van der Waals surface area contributed by atoms with Crippen LogP contribution in [0.5, 0.6) is 0 Å². The van der Waals surface area contributed by atoms with E-state index in [2.05, 4.69) is 15.8 Å². The zero-order chi connectivity index (χ0) is 16.2. The van der Waals surface area contributed by atoms with Crippen molar-refractivity contribution in [3.05, 3.63) is 17.0 Å². The topological polar surface area (TPSA) is 87.4 Å². The molecule has 0 bridgehead atoms. The van der Waals surface area contributed by atoms with E-state index in [0.717, 1.165) is 17.7 Å². The molecule has 0 saturated heterocycles. The summed E-state index contributed by atoms with van der Waals surface area (Å²) in [5, 5.41) is 19.7. The Morgan fingerprint density at radius 1 is 1.43 bits per heavy atom. The van der Waals surface area contributed by atoms with Crippen molar-refractivity contribution in [2.24, 2.45) is 5.92 Å². The van der Waals surface area contributed by atoms with Gasteiger partial charge in [0.2, 0.25) is 0 Å². The van der Waals surface area contributed by atoms with Gasteiger partial charge in [-0.15, -0.1) is 0 Å². The fourth-order valence-corrected chi connectivity index (χ4v) is 2.30. The number of aromatic nitrogens is 1. The molecule has 1 rings (SSSR count). The fraction of sp³-hybridized carbons (Fsp3) is 0.733. The van der Waals surface area contributed by atoms with Crippen molar-refractivity contribution >= 4 is 6.03 Å². The maximum absolute atomic E-state index is 11.9. The highest BCUT2D eigenvalue weighted by atomic mass is 16.5. The highest BCUT2D eigenvalue weighted by Crippen LogP contribution is 2.21. The molecule has 1 aromatic rings. The van der Waals surface area contributed by atoms with Gasteiger partial charge in [0.15, 0.2) is 0 Å². The van der Waals surface area contributed by atoms with Crippen LogP contribution < -0.4 is 10.6 Å². The van der Waals surface area contributed by atoms with E-state index in [4.69, 9.17) is 4.52 Å². The zero-order valence-corrected chi connectivity index (χ0v) is 13.8. The number of aliphatic hydroxyl groups is 1. The van der Waals surface area contributed by atoms with Gasteiger partial charge in [-0.1, -0.05) is 25.4 Å². The molecular weight excluding hydrogens is 270 g/mol. The summed E-state index contributed by atoms with van der Waals surface area (Å²) in [5.41, 5.74) is 0.740. The average Bonchev–Trinajstić information content (AvgIpc) is 2.75. The summed E-state index contributed by atoms with van der Waals surface area (Å²) in [4.78, 5) is 11.9. The predicted molar refractivity (Wildman–Crippen MR) is 81.0 cm³/mol. The van der Waals surface area contributed by atoms with Gasteiger partial charge in [-0.2, -0.15) is 0 Å². The van der Waals surface area contributed by atoms with Gasteiger partial charge in [0.1, 0.15) is 5.76 Å². The summed E-state index contributed by atoms with van der Waals surface area (Å²) in [6.45, 7) is 11.5. The van der Waals surface area contributed by atoms with Crippen LogP contribution in [0.3, 0.4) is 0 Å². The quantitative estimate of drug-likeness (QED) is 0.752. The van der Waals surface area contributed by atoms with E-state index < -0.39 is 5.60 Å². The molecule has 21 heavy (non-hydrogen) atoms. The first-order valence-corrected chi connectivity index (χ1v) is 7.38. The van der Waals surface area contributed by atoms with Crippen molar-refractivity contribution in [3.8, 4) is 0 Å². The molecule has 6 heteroatoms. The molecule has 0 saturated carbocycles. The van der Waals surface area contributed by atoms with Crippen molar-refractivity contribution in [1.82, 2.24) is 15.8 Å². The number of carbonyl (C=O) groups is 1. The Labute approximate surface area is 126 Å². The molecule has 0 spiro atoms. The highest BCUT2D eigenvalue weighted by molar-refractivity contribution is 5.74. The summed E-state index contributed by atoms with van der Waals surface area (Å²) < 4.78 is 5.10. The molecule has 3 N–H and O–H groups in total. The molecule has 120 valence electrons. The van der Waals surface area contributed by atoms with E-state index in [9.17, 15) is 9.90 Å². The van der Waals surface area contributed by atoms with Crippen LogP contribution in [0.2, 0.25) is 0 Å². The van der Waals surface area contributed by atoms with Gasteiger partial charge >= 0.3 is 6.03 Å². The smallest absolute Gasteiger partial charge is 0.315 e. The lowest BCUT2D eigenvalue weighted by atomic mass is 9.89. The average molecular weight is 297 g/mol. The van der Waals surface area contributed by atoms with Crippen molar-refractivity contribution < 1.29 is 14.4 Å². The first kappa shape index (κ1) is 17.5. The number of rotatable bonds is 6. The Balaban J connectivity index is 2.55. The summed E-state index contributed by atoms with van der Waals surface area (Å²) in [6, 6.07) is -0.518. The minimum Gasteiger partial charge on any atom is -0.388 e. The van der Waals surface area contributed by atoms with Crippen LogP contribution in [0.15, 0.2) is 4.52 Å². The Bertz CT molecular complexity index is 463. The second-order valence-corrected chi connectivity index (χ2v) is 5.95. The lowest BCUT2D eigenvalue weighted by molar-refractivity contribution is 0.00784. The van der Waals surface area contributed by atoms with Gasteiger partial charge < -0.3 is 20.3 Å². The Morgan fingerprint density at radius 3 is 2.52 bits per heavy atom. The number of nitrogens with one attached hydrogen (secondary N) is 2. The third kappa shape index (κ3) is 4.46. The molecule has 6 nitrogen and oxygen atoms in total. The van der Waals surface area contributed by atoms with Crippen molar-refractivity contribution in [3.63, 3.8) is 0 Å². The van der Waals surface area contributed by atoms with Crippen LogP contribution in [-0.4, -0.2) is 28.4 Å². The highest BCUT2D eigenvalue weighted by Gasteiger charge is 2.27. The summed E-state index contributed by atoms with van der Waals surface area (Å²) in [7, 11) is 0. The van der Waals surface area contributed by atoms with Crippen LogP contribution >= 0.6 is 0 Å². The van der Waals surface area contributed by atoms with Crippen LogP contribution in [0, 0.1) is 19.8 Å². The molecule has 1 aromatic heterocycles. The number of urea groups is 1. The van der Waals surface area contributed by atoms with Gasteiger partial charge in [-0.05, 0) is 33.6 Å². The number of nitrogens with zero attached hydrogens (tertiary/aromatic N) is 1. The molecular formula is C15H27N3O3. The van der Waals surface area contributed by atoms with E-state index in [1.165, 1.54) is 0 Å². The second kappa shape index (κ2) is 6.93. The molecule has 3 unspecified atom stereocenters. The molecule has 0 aliphatic rings. The monoisotopic (exact) mass is 297 g/mol. The van der Waals surface area contributed by atoms with E-state index in [1.54, 1.807) is 6.92 Å². The maximum atomic E-state index is 11.9. The lowest BCUT2D eigenvalue weighted by Crippen LogP contribution is -2.48. The Kier molecular flexibility index (Phi) is 5.78. The zero-order valence-electron chi connectivity index (χ0n) is 13.8. The van der Waals surface area contributed by atoms with Gasteiger partial charge in [-0.25, -0.2) is 4.79 Å². The van der Waals surface area contributed by atoms with Crippen LogP contribution in [0.1, 0.15) is 57.2 Å². The van der Waals surface area contributed by atoms with Crippen LogP contribution in [-0.2, 0) is 0 Å². The normalized spacial score (nSPS) is 16.9. The minimum absolute atomic E-state index is 0.109. The summed E-state index contributed by atoms with van der Waals surface area (Å²) >= 11 is 0. The lowest BCUT2D eigenvalue weighted by Gasteiger charge is -2.30. The number of hydrogen-bond acceptors (Lipinski definition) is 4. The first-order chi connectivity index (χ1) is 9.69. The number of hydrogen-bond donors (Lipinski definition) is 3. The largest absolute Gasteiger partial charge is 0.388 e. The summed E-state index contributed by atoms with van der Waals surface area (Å²) in [6.07, 6.45) is 0.853. The second-order valence-electron chi connectivity index (χ2n) is 5.95. The minimum atomic E-state index is -0.918. The molecule has 2 amide bonds. The SMILES string of the molecule is CCC(C)C(C)(O)CNC(=O)NC(C)c1c(C)noc1C. The molecule has 0 aliphatic heterocycles. The molecule has 0 radical (unpaired) electrons. The van der Waals surface area contributed by atoms with Crippen molar-refractivity contribution in [1.29, 1.82) is 0 Å². The molecule has 0 fully saturated rings. The van der Waals surface area contributed by atoms with Gasteiger partial charge in [0.05, 0.1) is 17.3 Å². The van der Waals surface area contributed by atoms with E-state index >= 15 is 0 Å². The third-order valence-electron chi connectivity index (χ3n) is 4.15. The maximum Gasteiger partial charge on any atom is 0.315 e. The fourth-order valence-electron chi connectivity index (χ4n) is 2.30. The standard InChI is InChI=1S/C15H27N3O3/c1-7-9(2)15(6,20)8-16-14(19)17-10(3)13-11(4)18-21-12(13)5/h9-10,20H,7-8H2,1-6H3,(H2,16,17,19). The Morgan fingerprint density at radius 2 is 2.05 bits per heavy atom. The van der Waals surface area contributed by atoms with Crippen LogP contribution in [0.25, 0.3) is 0 Å². The van der Waals surface area contributed by atoms with E-state index in [0.29, 0.717) is 5.76 Å². The molecule has 1 heterocycles. The molecule has 3 atom stereocenters. The van der Waals surface area contributed by atoms with Crippen LogP contribution in [0.4, 0.5) is 4.79 Å². The predicted octanol–water partition coefficient (Wildman–Crippen LogP) is 2.45. The Hall–Kier alpha value is -1.56. The molecule has 0 aromatic carbocycles. The first-order valence-electron chi connectivity index (χ1n) is 7.38. The van der Waals surface area contributed by atoms with Crippen molar-refractivity contribution in [2.45, 2.75) is 59.6 Å². The van der Waals surface area contributed by atoms with E-state index in [-0.39, 0.29) is 24.5 Å². The van der Waals surface area contributed by atoms with Crippen molar-refractivity contribution in [2.75, 3.05) is 6.54 Å². The number of aryl methyl sites for hydroxylation is 2.